The third kappa shape index (κ3) is 2.55. The lowest BCUT2D eigenvalue weighted by molar-refractivity contribution is -0.116. The van der Waals surface area contributed by atoms with E-state index in [1.165, 1.54) is 11.3 Å². The number of methoxy groups -OCH3 is 2. The van der Waals surface area contributed by atoms with Crippen molar-refractivity contribution in [1.82, 2.24) is 4.98 Å². The molecule has 0 saturated heterocycles. The van der Waals surface area contributed by atoms with Gasteiger partial charge < -0.3 is 20.5 Å². The van der Waals surface area contributed by atoms with Gasteiger partial charge in [-0.2, -0.15) is 5.26 Å². The molecule has 1 atom stereocenters. The Morgan fingerprint density at radius 2 is 2.14 bits per heavy atom. The van der Waals surface area contributed by atoms with Crippen molar-refractivity contribution in [3.63, 3.8) is 0 Å². The van der Waals surface area contributed by atoms with Gasteiger partial charge in [0, 0.05) is 23.5 Å². The maximum Gasteiger partial charge on any atom is 0.225 e. The third-order valence-electron chi connectivity index (χ3n) is 5.03. The molecule has 0 radical (unpaired) electrons. The van der Waals surface area contributed by atoms with Crippen LogP contribution in [0.4, 0.5) is 10.8 Å². The van der Waals surface area contributed by atoms with E-state index in [0.717, 1.165) is 26.4 Å². The van der Waals surface area contributed by atoms with Gasteiger partial charge in [-0.25, -0.2) is 4.98 Å². The first-order chi connectivity index (χ1) is 13.5. The number of carbonyl (C=O) groups excluding carboxylic acids is 1. The highest BCUT2D eigenvalue weighted by Crippen LogP contribution is 2.50. The molecule has 0 spiro atoms. The molecule has 3 aromatic rings. The van der Waals surface area contributed by atoms with Crippen LogP contribution >= 0.6 is 11.3 Å². The van der Waals surface area contributed by atoms with Crippen LogP contribution in [0.2, 0.25) is 0 Å². The van der Waals surface area contributed by atoms with Crippen LogP contribution in [0.1, 0.15) is 34.6 Å². The summed E-state index contributed by atoms with van der Waals surface area (Å²) in [5, 5.41) is 13.1. The lowest BCUT2D eigenvalue weighted by Gasteiger charge is -2.25. The number of rotatable bonds is 3. The molecule has 1 amide bonds. The van der Waals surface area contributed by atoms with Crippen LogP contribution in [-0.4, -0.2) is 25.1 Å². The number of fused-ring (bicyclic) bond motifs is 3. The highest BCUT2D eigenvalue weighted by molar-refractivity contribution is 7.23. The number of benzene rings is 1. The number of pyridine rings is 1. The van der Waals surface area contributed by atoms with Crippen LogP contribution in [-0.2, 0) is 4.79 Å². The second-order valence-electron chi connectivity index (χ2n) is 6.52. The number of nitrogens with two attached hydrogens (primary N) is 1. The molecular formula is C20H18N4O3S. The van der Waals surface area contributed by atoms with Crippen molar-refractivity contribution in [2.45, 2.75) is 19.3 Å². The van der Waals surface area contributed by atoms with Crippen molar-refractivity contribution < 1.29 is 14.3 Å². The standard InChI is InChI=1S/C20H18N4O3S/c1-9-12(8-21)19(22)24-16-15-11(7-14(25)23-20(15)28-18(9)16)10-5-4-6-13(26-2)17(10)27-3/h4-6,11H,7H2,1-3H3,(H2,22,24)(H,23,25). The largest absolute Gasteiger partial charge is 0.493 e. The Kier molecular flexibility index (Phi) is 4.32. The summed E-state index contributed by atoms with van der Waals surface area (Å²) in [5.41, 5.74) is 9.64. The minimum absolute atomic E-state index is 0.0833. The fraction of sp³-hybridized carbons (Fsp3) is 0.250. The average Bonchev–Trinajstić information content (AvgIpc) is 3.05. The lowest BCUT2D eigenvalue weighted by atomic mass is 9.85. The molecule has 0 aliphatic carbocycles. The predicted octanol–water partition coefficient (Wildman–Crippen LogP) is 3.55. The van der Waals surface area contributed by atoms with E-state index in [0.29, 0.717) is 22.6 Å². The number of para-hydroxylation sites is 1. The Morgan fingerprint density at radius 1 is 1.36 bits per heavy atom. The van der Waals surface area contributed by atoms with Crippen LogP contribution in [0.3, 0.4) is 0 Å². The SMILES string of the molecule is COc1cccc(C2CC(=O)Nc3sc4c(C)c(C#N)c(N)nc4c32)c1OC. The molecule has 0 bridgehead atoms. The van der Waals surface area contributed by atoms with E-state index in [1.54, 1.807) is 14.2 Å². The van der Waals surface area contributed by atoms with Gasteiger partial charge in [0.2, 0.25) is 5.91 Å². The van der Waals surface area contributed by atoms with E-state index in [2.05, 4.69) is 16.4 Å². The van der Waals surface area contributed by atoms with Crippen molar-refractivity contribution in [3.05, 3.63) is 40.5 Å². The molecule has 1 aliphatic heterocycles. The second-order valence-corrected chi connectivity index (χ2v) is 7.54. The minimum atomic E-state index is -0.262. The molecule has 1 aliphatic rings. The minimum Gasteiger partial charge on any atom is -0.493 e. The number of nitrogen functional groups attached to an aromatic ring is 1. The monoisotopic (exact) mass is 394 g/mol. The number of ether oxygens (including phenoxy) is 2. The van der Waals surface area contributed by atoms with Gasteiger partial charge >= 0.3 is 0 Å². The van der Waals surface area contributed by atoms with Gasteiger partial charge in [0.05, 0.1) is 30.0 Å². The fourth-order valence-electron chi connectivity index (χ4n) is 3.76. The van der Waals surface area contributed by atoms with Crippen molar-refractivity contribution in [1.29, 1.82) is 5.26 Å². The Hall–Kier alpha value is -3.31. The summed E-state index contributed by atoms with van der Waals surface area (Å²) in [5.74, 6) is 1.04. The Morgan fingerprint density at radius 3 is 2.82 bits per heavy atom. The summed E-state index contributed by atoms with van der Waals surface area (Å²) < 4.78 is 11.9. The van der Waals surface area contributed by atoms with E-state index in [4.69, 9.17) is 15.2 Å². The smallest absolute Gasteiger partial charge is 0.225 e. The number of nitrogens with zero attached hydrogens (tertiary/aromatic N) is 2. The first-order valence-electron chi connectivity index (χ1n) is 8.63. The lowest BCUT2D eigenvalue weighted by Crippen LogP contribution is -2.22. The van der Waals surface area contributed by atoms with Gasteiger partial charge in [0.15, 0.2) is 11.5 Å². The van der Waals surface area contributed by atoms with Gasteiger partial charge in [-0.1, -0.05) is 12.1 Å². The Labute approximate surface area is 165 Å². The number of hydrogen-bond donors (Lipinski definition) is 2. The van der Waals surface area contributed by atoms with E-state index >= 15 is 0 Å². The van der Waals surface area contributed by atoms with Crippen LogP contribution in [0.25, 0.3) is 10.2 Å². The molecule has 142 valence electrons. The molecule has 1 aromatic carbocycles. The quantitative estimate of drug-likeness (QED) is 0.703. The highest BCUT2D eigenvalue weighted by atomic mass is 32.1. The second kappa shape index (κ2) is 6.69. The van der Waals surface area contributed by atoms with Crippen LogP contribution in [0.15, 0.2) is 18.2 Å². The number of aromatic nitrogens is 1. The van der Waals surface area contributed by atoms with Crippen LogP contribution < -0.4 is 20.5 Å². The molecule has 2 aromatic heterocycles. The molecule has 28 heavy (non-hydrogen) atoms. The van der Waals surface area contributed by atoms with E-state index in [1.807, 2.05) is 25.1 Å². The van der Waals surface area contributed by atoms with E-state index in [-0.39, 0.29) is 24.1 Å². The zero-order valence-corrected chi connectivity index (χ0v) is 16.4. The average molecular weight is 394 g/mol. The maximum atomic E-state index is 12.4. The topological polar surface area (TPSA) is 110 Å². The Bertz CT molecular complexity index is 1160. The van der Waals surface area contributed by atoms with Crippen molar-refractivity contribution in [3.8, 4) is 17.6 Å². The van der Waals surface area contributed by atoms with Gasteiger partial charge in [-0.05, 0) is 18.6 Å². The highest BCUT2D eigenvalue weighted by Gasteiger charge is 2.34. The molecular weight excluding hydrogens is 376 g/mol. The fourth-order valence-corrected chi connectivity index (χ4v) is 4.98. The van der Waals surface area contributed by atoms with E-state index < -0.39 is 0 Å². The van der Waals surface area contributed by atoms with Crippen LogP contribution in [0, 0.1) is 18.3 Å². The molecule has 3 N–H and O–H groups in total. The normalized spacial score (nSPS) is 15.6. The van der Waals surface area contributed by atoms with Crippen molar-refractivity contribution in [2.24, 2.45) is 0 Å². The van der Waals surface area contributed by atoms with Crippen molar-refractivity contribution in [2.75, 3.05) is 25.3 Å². The molecule has 3 heterocycles. The number of nitriles is 1. The number of carbonyl (C=O) groups is 1. The molecule has 0 fully saturated rings. The number of amides is 1. The zero-order valence-electron chi connectivity index (χ0n) is 15.6. The zero-order chi connectivity index (χ0) is 20.0. The summed E-state index contributed by atoms with van der Waals surface area (Å²) in [6.07, 6.45) is 0.253. The number of anilines is 2. The summed E-state index contributed by atoms with van der Waals surface area (Å²) in [7, 11) is 3.16. The third-order valence-corrected chi connectivity index (χ3v) is 6.26. The summed E-state index contributed by atoms with van der Waals surface area (Å²) in [6.45, 7) is 1.85. The van der Waals surface area contributed by atoms with Gasteiger partial charge in [0.25, 0.3) is 0 Å². The van der Waals surface area contributed by atoms with Crippen molar-refractivity contribution >= 4 is 38.3 Å². The molecule has 0 saturated carbocycles. The molecule has 7 nitrogen and oxygen atoms in total. The predicted molar refractivity (Wildman–Crippen MR) is 108 cm³/mol. The number of hydrogen-bond acceptors (Lipinski definition) is 7. The number of aryl methyl sites for hydroxylation is 1. The summed E-state index contributed by atoms with van der Waals surface area (Å²) in [4.78, 5) is 17.0. The summed E-state index contributed by atoms with van der Waals surface area (Å²) >= 11 is 1.42. The number of thiophene rings is 1. The molecule has 1 unspecified atom stereocenters. The first kappa shape index (κ1) is 18.1. The first-order valence-corrected chi connectivity index (χ1v) is 9.45. The molecule has 8 heteroatoms. The molecule has 4 rings (SSSR count). The maximum absolute atomic E-state index is 12.4. The Balaban J connectivity index is 2.03. The summed E-state index contributed by atoms with van der Waals surface area (Å²) in [6, 6.07) is 7.73. The van der Waals surface area contributed by atoms with E-state index in [9.17, 15) is 10.1 Å². The van der Waals surface area contributed by atoms with Gasteiger partial charge in [-0.3, -0.25) is 4.79 Å². The number of nitrogens with one attached hydrogen (secondary N) is 1. The van der Waals surface area contributed by atoms with Crippen LogP contribution in [0.5, 0.6) is 11.5 Å². The van der Waals surface area contributed by atoms with Gasteiger partial charge in [0.1, 0.15) is 16.9 Å². The van der Waals surface area contributed by atoms with Gasteiger partial charge in [-0.15, -0.1) is 11.3 Å².